The molecular formula is C7H10ClNO. The second-order valence-electron chi connectivity index (χ2n) is 2.15. The monoisotopic (exact) mass is 159 g/mol. The first-order valence-corrected chi connectivity index (χ1v) is 3.54. The van der Waals surface area contributed by atoms with Crippen molar-refractivity contribution in [1.29, 1.82) is 0 Å². The third-order valence-corrected chi connectivity index (χ3v) is 1.66. The molecule has 0 bridgehead atoms. The van der Waals surface area contributed by atoms with E-state index in [1.807, 2.05) is 20.0 Å². The van der Waals surface area contributed by atoms with Gasteiger partial charge in [0.25, 0.3) is 0 Å². The van der Waals surface area contributed by atoms with Crippen LogP contribution in [-0.4, -0.2) is 7.05 Å². The summed E-state index contributed by atoms with van der Waals surface area (Å²) in [6.07, 6.45) is 0. The number of hydrogen-bond acceptors (Lipinski definition) is 2. The van der Waals surface area contributed by atoms with E-state index in [4.69, 9.17) is 16.0 Å². The van der Waals surface area contributed by atoms with Gasteiger partial charge in [0.2, 0.25) is 0 Å². The van der Waals surface area contributed by atoms with Gasteiger partial charge in [-0.05, 0) is 37.7 Å². The van der Waals surface area contributed by atoms with Gasteiger partial charge in [0.15, 0.2) is 5.22 Å². The molecule has 0 unspecified atom stereocenters. The van der Waals surface area contributed by atoms with Crippen molar-refractivity contribution >= 4 is 11.6 Å². The lowest BCUT2D eigenvalue weighted by Gasteiger charge is -2.04. The van der Waals surface area contributed by atoms with Gasteiger partial charge in [0.05, 0.1) is 6.04 Å². The average Bonchev–Trinajstić information content (AvgIpc) is 2.34. The molecule has 0 spiro atoms. The van der Waals surface area contributed by atoms with Gasteiger partial charge in [-0.3, -0.25) is 0 Å². The smallest absolute Gasteiger partial charge is 0.193 e. The molecule has 0 saturated heterocycles. The highest BCUT2D eigenvalue weighted by Crippen LogP contribution is 2.18. The van der Waals surface area contributed by atoms with E-state index >= 15 is 0 Å². The third kappa shape index (κ3) is 1.52. The van der Waals surface area contributed by atoms with E-state index in [9.17, 15) is 0 Å². The van der Waals surface area contributed by atoms with Crippen molar-refractivity contribution in [3.63, 3.8) is 0 Å². The van der Waals surface area contributed by atoms with Gasteiger partial charge in [0.1, 0.15) is 5.76 Å². The minimum atomic E-state index is 0.229. The van der Waals surface area contributed by atoms with E-state index in [1.165, 1.54) is 0 Å². The number of furan rings is 1. The molecule has 0 fully saturated rings. The summed E-state index contributed by atoms with van der Waals surface area (Å²) in [6, 6.07) is 3.83. The summed E-state index contributed by atoms with van der Waals surface area (Å²) in [5.41, 5.74) is 0. The fraction of sp³-hybridized carbons (Fsp3) is 0.429. The predicted octanol–water partition coefficient (Wildman–Crippen LogP) is 2.21. The quantitative estimate of drug-likeness (QED) is 0.716. The molecule has 1 rings (SSSR count). The predicted molar refractivity (Wildman–Crippen MR) is 41.2 cm³/mol. The Morgan fingerprint density at radius 2 is 2.30 bits per heavy atom. The van der Waals surface area contributed by atoms with Crippen LogP contribution in [0.25, 0.3) is 0 Å². The Labute approximate surface area is 65.2 Å². The molecule has 0 radical (unpaired) electrons. The van der Waals surface area contributed by atoms with Gasteiger partial charge < -0.3 is 9.73 Å². The lowest BCUT2D eigenvalue weighted by Crippen LogP contribution is -2.10. The van der Waals surface area contributed by atoms with Gasteiger partial charge >= 0.3 is 0 Å². The number of hydrogen-bond donors (Lipinski definition) is 1. The molecule has 1 atom stereocenters. The summed E-state index contributed by atoms with van der Waals surface area (Å²) < 4.78 is 5.14. The van der Waals surface area contributed by atoms with Crippen LogP contribution in [0.5, 0.6) is 0 Å². The lowest BCUT2D eigenvalue weighted by molar-refractivity contribution is 0.451. The second kappa shape index (κ2) is 3.08. The summed E-state index contributed by atoms with van der Waals surface area (Å²) >= 11 is 5.57. The summed E-state index contributed by atoms with van der Waals surface area (Å²) in [4.78, 5) is 0. The molecule has 0 aliphatic rings. The average molecular weight is 160 g/mol. The molecule has 1 aromatic heterocycles. The van der Waals surface area contributed by atoms with Crippen molar-refractivity contribution in [1.82, 2.24) is 5.32 Å². The van der Waals surface area contributed by atoms with Gasteiger partial charge in [-0.1, -0.05) is 0 Å². The largest absolute Gasteiger partial charge is 0.448 e. The minimum Gasteiger partial charge on any atom is -0.448 e. The second-order valence-corrected chi connectivity index (χ2v) is 2.52. The van der Waals surface area contributed by atoms with Gasteiger partial charge in [-0.2, -0.15) is 0 Å². The van der Waals surface area contributed by atoms with Gasteiger partial charge in [-0.25, -0.2) is 0 Å². The van der Waals surface area contributed by atoms with E-state index in [2.05, 4.69) is 5.32 Å². The van der Waals surface area contributed by atoms with Crippen LogP contribution < -0.4 is 5.32 Å². The fourth-order valence-corrected chi connectivity index (χ4v) is 0.855. The van der Waals surface area contributed by atoms with Crippen LogP contribution in [0.2, 0.25) is 5.22 Å². The summed E-state index contributed by atoms with van der Waals surface area (Å²) in [6.45, 7) is 2.01. The Balaban J connectivity index is 2.74. The third-order valence-electron chi connectivity index (χ3n) is 1.45. The maximum absolute atomic E-state index is 5.57. The number of nitrogens with one attached hydrogen (secondary N) is 1. The van der Waals surface area contributed by atoms with Crippen LogP contribution in [0.4, 0.5) is 0 Å². The Hall–Kier alpha value is -0.470. The molecular weight excluding hydrogens is 150 g/mol. The van der Waals surface area contributed by atoms with Crippen molar-refractivity contribution < 1.29 is 4.42 Å². The fourth-order valence-electron chi connectivity index (χ4n) is 0.703. The first-order valence-electron chi connectivity index (χ1n) is 3.16. The number of halogens is 1. The van der Waals surface area contributed by atoms with Crippen molar-refractivity contribution in [3.05, 3.63) is 23.1 Å². The zero-order chi connectivity index (χ0) is 7.56. The highest BCUT2D eigenvalue weighted by atomic mass is 35.5. The van der Waals surface area contributed by atoms with Gasteiger partial charge in [-0.15, -0.1) is 0 Å². The van der Waals surface area contributed by atoms with E-state index < -0.39 is 0 Å². The van der Waals surface area contributed by atoms with Crippen molar-refractivity contribution in [2.45, 2.75) is 13.0 Å². The first-order chi connectivity index (χ1) is 4.74. The molecule has 56 valence electrons. The van der Waals surface area contributed by atoms with E-state index in [0.717, 1.165) is 5.76 Å². The van der Waals surface area contributed by atoms with Crippen LogP contribution in [0.1, 0.15) is 18.7 Å². The maximum Gasteiger partial charge on any atom is 0.193 e. The van der Waals surface area contributed by atoms with Gasteiger partial charge in [0, 0.05) is 0 Å². The molecule has 0 aliphatic heterocycles. The van der Waals surface area contributed by atoms with Crippen molar-refractivity contribution in [2.75, 3.05) is 7.05 Å². The van der Waals surface area contributed by atoms with Crippen LogP contribution >= 0.6 is 11.6 Å². The standard InChI is InChI=1S/C7H10ClNO/c1-5(9-2)6-3-4-7(8)10-6/h3-5,9H,1-2H3/t5-/m0/s1. The molecule has 0 aromatic carbocycles. The minimum absolute atomic E-state index is 0.229. The zero-order valence-corrected chi connectivity index (χ0v) is 6.77. The zero-order valence-electron chi connectivity index (χ0n) is 6.02. The highest BCUT2D eigenvalue weighted by Gasteiger charge is 2.05. The topological polar surface area (TPSA) is 25.2 Å². The van der Waals surface area contributed by atoms with Crippen LogP contribution in [0.15, 0.2) is 16.5 Å². The summed E-state index contributed by atoms with van der Waals surface area (Å²) in [5, 5.41) is 3.48. The Morgan fingerprint density at radius 3 is 2.70 bits per heavy atom. The van der Waals surface area contributed by atoms with E-state index in [0.29, 0.717) is 5.22 Å². The van der Waals surface area contributed by atoms with Crippen molar-refractivity contribution in [2.24, 2.45) is 0 Å². The molecule has 2 nitrogen and oxygen atoms in total. The molecule has 1 aromatic rings. The Kier molecular flexibility index (Phi) is 2.35. The van der Waals surface area contributed by atoms with Crippen LogP contribution in [0, 0.1) is 0 Å². The van der Waals surface area contributed by atoms with Crippen LogP contribution in [0.3, 0.4) is 0 Å². The molecule has 0 amide bonds. The van der Waals surface area contributed by atoms with E-state index in [-0.39, 0.29) is 6.04 Å². The normalized spacial score (nSPS) is 13.5. The molecule has 1 N–H and O–H groups in total. The number of rotatable bonds is 2. The van der Waals surface area contributed by atoms with Crippen molar-refractivity contribution in [3.8, 4) is 0 Å². The maximum atomic E-state index is 5.57. The summed E-state index contributed by atoms with van der Waals surface area (Å²) in [5.74, 6) is 0.868. The molecule has 0 aliphatic carbocycles. The summed E-state index contributed by atoms with van der Waals surface area (Å²) in [7, 11) is 1.88. The molecule has 0 saturated carbocycles. The van der Waals surface area contributed by atoms with E-state index in [1.54, 1.807) is 6.07 Å². The first kappa shape index (κ1) is 7.63. The lowest BCUT2D eigenvalue weighted by atomic mass is 10.3. The van der Waals surface area contributed by atoms with Crippen LogP contribution in [-0.2, 0) is 0 Å². The Morgan fingerprint density at radius 1 is 1.60 bits per heavy atom. The molecule has 10 heavy (non-hydrogen) atoms. The Bertz CT molecular complexity index is 209. The molecule has 3 heteroatoms. The highest BCUT2D eigenvalue weighted by molar-refractivity contribution is 6.28. The molecule has 1 heterocycles. The SMILES string of the molecule is CN[C@@H](C)c1ccc(Cl)o1.